The quantitative estimate of drug-likeness (QED) is 0.335. The van der Waals surface area contributed by atoms with Gasteiger partial charge in [-0.2, -0.15) is 26.3 Å². The van der Waals surface area contributed by atoms with E-state index in [9.17, 15) is 36.2 Å². The van der Waals surface area contributed by atoms with Gasteiger partial charge in [0.05, 0.1) is 12.5 Å². The van der Waals surface area contributed by atoms with E-state index in [1.54, 1.807) is 37.3 Å². The summed E-state index contributed by atoms with van der Waals surface area (Å²) in [5.41, 5.74) is -3.59. The minimum absolute atomic E-state index is 0.0218. The van der Waals surface area contributed by atoms with Gasteiger partial charge in [0.25, 0.3) is 5.60 Å². The molecule has 4 nitrogen and oxygen atoms in total. The lowest BCUT2D eigenvalue weighted by molar-refractivity contribution is -0.376. The molecular weight excluding hydrogens is 536 g/mol. The summed E-state index contributed by atoms with van der Waals surface area (Å²) in [5, 5.41) is 9.98. The minimum Gasteiger partial charge on any atom is -0.489 e. The van der Waals surface area contributed by atoms with E-state index in [4.69, 9.17) is 4.74 Å². The van der Waals surface area contributed by atoms with Crippen LogP contribution in [0.4, 0.5) is 32.0 Å². The van der Waals surface area contributed by atoms with Crippen molar-refractivity contribution in [2.24, 2.45) is 0 Å². The Morgan fingerprint density at radius 3 is 2.10 bits per heavy atom. The largest absolute Gasteiger partial charge is 0.489 e. The molecule has 0 saturated heterocycles. The standard InChI is InChI=1S/C30H29F6NO3/c1-18-13-19(2)15-25(14-18)40-24-11-9-22-16-23(28(39,29(31,32)33)30(34,35)36)10-12-26(22)37(17-24)27(38)20(3)21-7-5-4-6-8-21/h4-8,10,12-16,20,24,39H,9,11,17H2,1-3H3. The number of fused-ring (bicyclic) bond motifs is 1. The fourth-order valence-electron chi connectivity index (χ4n) is 5.09. The molecule has 0 aromatic heterocycles. The Hall–Kier alpha value is -3.53. The summed E-state index contributed by atoms with van der Waals surface area (Å²) in [6.07, 6.45) is -12.4. The zero-order chi connectivity index (χ0) is 29.5. The van der Waals surface area contributed by atoms with E-state index in [0.29, 0.717) is 23.4 Å². The second-order valence-corrected chi connectivity index (χ2v) is 10.2. The maximum atomic E-state index is 13.8. The van der Waals surface area contributed by atoms with E-state index < -0.39 is 41.4 Å². The summed E-state index contributed by atoms with van der Waals surface area (Å²) in [5.74, 6) is -0.504. The third-order valence-electron chi connectivity index (χ3n) is 7.16. The maximum Gasteiger partial charge on any atom is 0.430 e. The van der Waals surface area contributed by atoms with Crippen LogP contribution < -0.4 is 9.64 Å². The number of benzene rings is 3. The van der Waals surface area contributed by atoms with Crippen molar-refractivity contribution < 1.29 is 41.0 Å². The second-order valence-electron chi connectivity index (χ2n) is 10.2. The molecule has 1 N–H and O–H groups in total. The monoisotopic (exact) mass is 565 g/mol. The molecule has 1 aliphatic rings. The molecule has 0 radical (unpaired) electrons. The molecule has 0 aliphatic carbocycles. The van der Waals surface area contributed by atoms with Gasteiger partial charge in [0.1, 0.15) is 11.9 Å². The van der Waals surface area contributed by atoms with Gasteiger partial charge in [-0.05, 0) is 74.1 Å². The number of aryl methyl sites for hydroxylation is 3. The average molecular weight is 566 g/mol. The van der Waals surface area contributed by atoms with Gasteiger partial charge in [-0.1, -0.05) is 48.5 Å². The molecule has 0 spiro atoms. The topological polar surface area (TPSA) is 49.8 Å². The van der Waals surface area contributed by atoms with Crippen LogP contribution in [0.2, 0.25) is 0 Å². The van der Waals surface area contributed by atoms with Gasteiger partial charge in [0, 0.05) is 11.3 Å². The highest BCUT2D eigenvalue weighted by molar-refractivity contribution is 5.98. The van der Waals surface area contributed by atoms with Gasteiger partial charge in [-0.15, -0.1) is 0 Å². The molecule has 1 amide bonds. The van der Waals surface area contributed by atoms with Gasteiger partial charge >= 0.3 is 12.4 Å². The van der Waals surface area contributed by atoms with Gasteiger partial charge in [0.15, 0.2) is 0 Å². The van der Waals surface area contributed by atoms with E-state index in [1.807, 2.05) is 32.0 Å². The van der Waals surface area contributed by atoms with Gasteiger partial charge in [0.2, 0.25) is 5.91 Å². The van der Waals surface area contributed by atoms with Crippen LogP contribution in [0.5, 0.6) is 5.75 Å². The van der Waals surface area contributed by atoms with Crippen LogP contribution in [0.1, 0.15) is 47.1 Å². The predicted molar refractivity (Wildman–Crippen MR) is 138 cm³/mol. The third kappa shape index (κ3) is 5.68. The Morgan fingerprint density at radius 2 is 1.52 bits per heavy atom. The fourth-order valence-corrected chi connectivity index (χ4v) is 5.09. The molecule has 3 aromatic rings. The van der Waals surface area contributed by atoms with Crippen molar-refractivity contribution in [3.05, 3.63) is 94.5 Å². The van der Waals surface area contributed by atoms with E-state index in [-0.39, 0.29) is 30.6 Å². The molecule has 3 aromatic carbocycles. The summed E-state index contributed by atoms with van der Waals surface area (Å²) in [6, 6.07) is 16.8. The first-order chi connectivity index (χ1) is 18.6. The van der Waals surface area contributed by atoms with Gasteiger partial charge in [-0.25, -0.2) is 0 Å². The number of hydrogen-bond donors (Lipinski definition) is 1. The number of halogens is 6. The smallest absolute Gasteiger partial charge is 0.430 e. The highest BCUT2D eigenvalue weighted by atomic mass is 19.4. The van der Waals surface area contributed by atoms with Crippen LogP contribution in [0.25, 0.3) is 0 Å². The lowest BCUT2D eigenvalue weighted by Crippen LogP contribution is -2.54. The van der Waals surface area contributed by atoms with Gasteiger partial charge in [-0.3, -0.25) is 4.79 Å². The number of carbonyl (C=O) groups excluding carboxylic acids is 1. The number of amides is 1. The first kappa shape index (κ1) is 29.5. The molecule has 1 heterocycles. The summed E-state index contributed by atoms with van der Waals surface area (Å²) in [6.45, 7) is 5.49. The van der Waals surface area contributed by atoms with E-state index >= 15 is 0 Å². The van der Waals surface area contributed by atoms with Crippen LogP contribution >= 0.6 is 0 Å². The molecular formula is C30H29F6NO3. The Morgan fingerprint density at radius 1 is 0.925 bits per heavy atom. The maximum absolute atomic E-state index is 13.8. The highest BCUT2D eigenvalue weighted by Gasteiger charge is 2.71. The molecule has 4 rings (SSSR count). The van der Waals surface area contributed by atoms with Crippen molar-refractivity contribution in [1.29, 1.82) is 0 Å². The van der Waals surface area contributed by atoms with Crippen molar-refractivity contribution in [2.75, 3.05) is 11.4 Å². The normalized spacial score (nSPS) is 17.1. The summed E-state index contributed by atoms with van der Waals surface area (Å²) in [7, 11) is 0. The number of rotatable bonds is 5. The van der Waals surface area contributed by atoms with Crippen molar-refractivity contribution >= 4 is 11.6 Å². The number of nitrogens with zero attached hydrogens (tertiary/aromatic N) is 1. The zero-order valence-corrected chi connectivity index (χ0v) is 22.1. The molecule has 10 heteroatoms. The zero-order valence-electron chi connectivity index (χ0n) is 22.1. The average Bonchev–Trinajstić information content (AvgIpc) is 3.05. The Kier molecular flexibility index (Phi) is 7.95. The lowest BCUT2D eigenvalue weighted by Gasteiger charge is -2.34. The first-order valence-corrected chi connectivity index (χ1v) is 12.7. The number of anilines is 1. The number of aliphatic hydroxyl groups is 1. The molecule has 214 valence electrons. The fraction of sp³-hybridized carbons (Fsp3) is 0.367. The van der Waals surface area contributed by atoms with Crippen LogP contribution in [0, 0.1) is 13.8 Å². The van der Waals surface area contributed by atoms with Crippen molar-refractivity contribution in [2.45, 2.75) is 63.6 Å². The highest BCUT2D eigenvalue weighted by Crippen LogP contribution is 2.51. The lowest BCUT2D eigenvalue weighted by atomic mass is 9.89. The SMILES string of the molecule is Cc1cc(C)cc(OC2CCc3cc(C(O)(C(F)(F)F)C(F)(F)F)ccc3N(C(=O)C(C)c3ccccc3)C2)c1. The molecule has 0 saturated carbocycles. The number of alkyl halides is 6. The first-order valence-electron chi connectivity index (χ1n) is 12.7. The van der Waals surface area contributed by atoms with E-state index in [1.165, 1.54) is 4.90 Å². The van der Waals surface area contributed by atoms with Crippen LogP contribution in [-0.4, -0.2) is 36.0 Å². The van der Waals surface area contributed by atoms with Crippen molar-refractivity contribution in [1.82, 2.24) is 0 Å². The van der Waals surface area contributed by atoms with E-state index in [0.717, 1.165) is 17.2 Å². The Labute approximate surface area is 228 Å². The molecule has 1 aliphatic heterocycles. The molecule has 0 fully saturated rings. The summed E-state index contributed by atoms with van der Waals surface area (Å²) < 4.78 is 87.9. The predicted octanol–water partition coefficient (Wildman–Crippen LogP) is 7.15. The number of carbonyl (C=O) groups is 1. The third-order valence-corrected chi connectivity index (χ3v) is 7.16. The molecule has 40 heavy (non-hydrogen) atoms. The van der Waals surface area contributed by atoms with Crippen molar-refractivity contribution in [3.8, 4) is 5.75 Å². The summed E-state index contributed by atoms with van der Waals surface area (Å²) in [4.78, 5) is 15.1. The summed E-state index contributed by atoms with van der Waals surface area (Å²) >= 11 is 0. The Bertz CT molecular complexity index is 1340. The van der Waals surface area contributed by atoms with Crippen LogP contribution in [-0.2, 0) is 16.8 Å². The second kappa shape index (κ2) is 10.8. The van der Waals surface area contributed by atoms with Crippen LogP contribution in [0.3, 0.4) is 0 Å². The molecule has 2 atom stereocenters. The number of hydrogen-bond acceptors (Lipinski definition) is 3. The van der Waals surface area contributed by atoms with Crippen molar-refractivity contribution in [3.63, 3.8) is 0 Å². The molecule has 0 bridgehead atoms. The minimum atomic E-state index is -6.02. The van der Waals surface area contributed by atoms with Crippen LogP contribution in [0.15, 0.2) is 66.7 Å². The van der Waals surface area contributed by atoms with Gasteiger partial charge < -0.3 is 14.7 Å². The van der Waals surface area contributed by atoms with E-state index in [2.05, 4.69) is 0 Å². The number of ether oxygens (including phenoxy) is 1. The molecule has 2 unspecified atom stereocenters. The Balaban J connectivity index is 1.78.